The molecule has 0 fully saturated rings. The van der Waals surface area contributed by atoms with Crippen molar-refractivity contribution in [1.29, 1.82) is 0 Å². The van der Waals surface area contributed by atoms with Crippen molar-refractivity contribution in [2.75, 3.05) is 0 Å². The van der Waals surface area contributed by atoms with Crippen LogP contribution in [0, 0.1) is 0 Å². The van der Waals surface area contributed by atoms with Crippen molar-refractivity contribution >= 4 is 62.4 Å². The quantitative estimate of drug-likeness (QED) is 0.330. The van der Waals surface area contributed by atoms with Gasteiger partial charge in [-0.3, -0.25) is 0 Å². The van der Waals surface area contributed by atoms with E-state index in [9.17, 15) is 0 Å². The van der Waals surface area contributed by atoms with Gasteiger partial charge < -0.3 is 0 Å². The third kappa shape index (κ3) is 6.21. The van der Waals surface area contributed by atoms with Crippen molar-refractivity contribution in [2.45, 2.75) is 19.7 Å². The first-order valence-electron chi connectivity index (χ1n) is 2.51. The molecule has 0 aliphatic carbocycles. The van der Waals surface area contributed by atoms with E-state index in [1.165, 1.54) is 6.42 Å². The zero-order valence-electron chi connectivity index (χ0n) is 5.00. The predicted molar refractivity (Wildman–Crippen MR) is 64.3 cm³/mol. The van der Waals surface area contributed by atoms with Crippen LogP contribution in [0.15, 0.2) is 0 Å². The van der Waals surface area contributed by atoms with Crippen LogP contribution in [0.25, 0.3) is 0 Å². The molecule has 0 aliphatic rings. The van der Waals surface area contributed by atoms with Crippen molar-refractivity contribution in [2.24, 2.45) is 0 Å². The van der Waals surface area contributed by atoms with Crippen molar-refractivity contribution in [3.05, 3.63) is 0 Å². The van der Waals surface area contributed by atoms with Crippen LogP contribution >= 0.6 is 21.2 Å². The molecule has 0 unspecified atom stereocenters. The van der Waals surface area contributed by atoms with Crippen molar-refractivity contribution in [1.82, 2.24) is 0 Å². The molecule has 0 heterocycles. The summed E-state index contributed by atoms with van der Waals surface area (Å²) in [6.07, 6.45) is 4.47. The Hall–Kier alpha value is 1.80. The molecule has 0 N–H and O–H groups in total. The molecule has 0 aromatic heterocycles. The Kier molecular flexibility index (Phi) is 7.82. The third-order valence-electron chi connectivity index (χ3n) is 0.672. The summed E-state index contributed by atoms with van der Waals surface area (Å²) in [6.45, 7) is 2.15. The van der Waals surface area contributed by atoms with Crippen LogP contribution in [0.1, 0.15) is 13.3 Å². The maximum atomic E-state index is 5.10. The monoisotopic (exact) mass is 309 g/mol. The summed E-state index contributed by atoms with van der Waals surface area (Å²) in [5, 5.41) is -0.0214. The molecule has 0 amide bonds. The summed E-state index contributed by atoms with van der Waals surface area (Å²) < 4.78 is 0. The van der Waals surface area contributed by atoms with E-state index in [1.54, 1.807) is 0 Å². The SMILES string of the molecule is CCCB=S(=S)=[S-](=S)I. The number of hydrogen-bond acceptors (Lipinski definition) is 3. The minimum absolute atomic E-state index is 0.0214. The van der Waals surface area contributed by atoms with Gasteiger partial charge in [0.2, 0.25) is 0 Å². The molecule has 0 aromatic rings. The van der Waals surface area contributed by atoms with Gasteiger partial charge in [-0.1, -0.05) is 0 Å². The molecular formula is C3H7BIS4-. The van der Waals surface area contributed by atoms with Crippen LogP contribution in [0.4, 0.5) is 0 Å². The predicted octanol–water partition coefficient (Wildman–Crippen LogP) is 1.86. The molecule has 6 heteroatoms. The molecular weight excluding hydrogens is 302 g/mol. The number of rotatable bonds is 2. The second-order valence-corrected chi connectivity index (χ2v) is 14.3. The summed E-state index contributed by atoms with van der Waals surface area (Å²) >= 11 is 12.3. The van der Waals surface area contributed by atoms with Gasteiger partial charge in [0.25, 0.3) is 0 Å². The number of halogens is 1. The van der Waals surface area contributed by atoms with Crippen LogP contribution < -0.4 is 0 Å². The summed E-state index contributed by atoms with van der Waals surface area (Å²) in [6, 6.07) is 0. The average Bonchev–Trinajstić information content (AvgIpc) is 1.82. The summed E-state index contributed by atoms with van der Waals surface area (Å²) in [7, 11) is -0.0340. The minimum atomic E-state index is -0.0340. The summed E-state index contributed by atoms with van der Waals surface area (Å²) in [5.41, 5.74) is 0. The Bertz CT molecular complexity index is 247. The van der Waals surface area contributed by atoms with E-state index in [0.29, 0.717) is 0 Å². The average molecular weight is 309 g/mol. The zero-order valence-corrected chi connectivity index (χ0v) is 10.4. The Balaban J connectivity index is 4.39. The molecule has 0 aromatic carbocycles. The second-order valence-electron chi connectivity index (χ2n) is 1.41. The van der Waals surface area contributed by atoms with Crippen molar-refractivity contribution in [3.8, 4) is 0 Å². The van der Waals surface area contributed by atoms with Crippen LogP contribution in [-0.4, -0.2) is 6.15 Å². The van der Waals surface area contributed by atoms with Crippen LogP contribution in [0.2, 0.25) is 6.32 Å². The zero-order chi connectivity index (χ0) is 7.28. The van der Waals surface area contributed by atoms with Gasteiger partial charge >= 0.3 is 82.0 Å². The molecule has 0 saturated carbocycles. The van der Waals surface area contributed by atoms with Gasteiger partial charge in [-0.2, -0.15) is 0 Å². The van der Waals surface area contributed by atoms with Crippen LogP contribution in [0.5, 0.6) is 0 Å². The molecule has 0 aliphatic heterocycles. The molecule has 0 atom stereocenters. The Labute approximate surface area is 81.1 Å². The van der Waals surface area contributed by atoms with Gasteiger partial charge in [-0.25, -0.2) is 0 Å². The van der Waals surface area contributed by atoms with Crippen LogP contribution in [0.3, 0.4) is 0 Å². The van der Waals surface area contributed by atoms with Gasteiger partial charge in [0.05, 0.1) is 0 Å². The molecule has 9 heavy (non-hydrogen) atoms. The molecule has 0 spiro atoms. The first kappa shape index (κ1) is 10.8. The van der Waals surface area contributed by atoms with Gasteiger partial charge in [-0.05, 0) is 0 Å². The fraction of sp³-hybridized carbons (Fsp3) is 1.00. The van der Waals surface area contributed by atoms with Gasteiger partial charge in [-0.15, -0.1) is 0 Å². The first-order chi connectivity index (χ1) is 4.18. The van der Waals surface area contributed by atoms with E-state index in [4.69, 9.17) is 22.4 Å². The van der Waals surface area contributed by atoms with E-state index >= 15 is 0 Å². The summed E-state index contributed by atoms with van der Waals surface area (Å²) in [4.78, 5) is 0. The first-order valence-corrected chi connectivity index (χ1v) is 9.93. The number of hydrogen-bond donors (Lipinski definition) is 0. The molecule has 0 radical (unpaired) electrons. The fourth-order valence-corrected chi connectivity index (χ4v) is 3.52. The fourth-order valence-electron chi connectivity index (χ4n) is 0.268. The summed E-state index contributed by atoms with van der Waals surface area (Å²) in [5.74, 6) is 0. The topological polar surface area (TPSA) is 0 Å². The second kappa shape index (κ2) is 6.51. The maximum absolute atomic E-state index is 5.10. The van der Waals surface area contributed by atoms with Gasteiger partial charge in [0.15, 0.2) is 0 Å². The molecule has 0 saturated heterocycles. The van der Waals surface area contributed by atoms with E-state index in [0.717, 1.165) is 6.32 Å². The standard InChI is InChI=1S/C3H7BIS4/c1-2-3-4-8(6)9(5)7/h2-3H2,1H3/q-1. The molecule has 54 valence electrons. The van der Waals surface area contributed by atoms with E-state index in [-0.39, 0.29) is 12.6 Å². The Morgan fingerprint density at radius 2 is 2.33 bits per heavy atom. The van der Waals surface area contributed by atoms with Crippen molar-refractivity contribution < 1.29 is 0 Å². The van der Waals surface area contributed by atoms with Gasteiger partial charge in [0, 0.05) is 0 Å². The normalized spacial score (nSPS) is 9.22. The molecule has 0 rings (SSSR count). The third-order valence-corrected chi connectivity index (χ3v) is 12.0. The van der Waals surface area contributed by atoms with E-state index in [1.807, 2.05) is 0 Å². The van der Waals surface area contributed by atoms with Crippen LogP contribution in [-0.2, 0) is 35.0 Å². The Morgan fingerprint density at radius 3 is 2.67 bits per heavy atom. The molecule has 0 bridgehead atoms. The van der Waals surface area contributed by atoms with Crippen molar-refractivity contribution in [3.63, 3.8) is 0 Å². The van der Waals surface area contributed by atoms with E-state index in [2.05, 4.69) is 34.3 Å². The van der Waals surface area contributed by atoms with E-state index < -0.39 is 0 Å². The molecule has 0 nitrogen and oxygen atoms in total. The van der Waals surface area contributed by atoms with Gasteiger partial charge in [0.1, 0.15) is 0 Å². The Morgan fingerprint density at radius 1 is 1.78 bits per heavy atom.